The zero-order valence-electron chi connectivity index (χ0n) is 22.3. The highest BCUT2D eigenvalue weighted by Crippen LogP contribution is 2.46. The van der Waals surface area contributed by atoms with Crippen LogP contribution in [-0.2, 0) is 12.0 Å². The van der Waals surface area contributed by atoms with Crippen molar-refractivity contribution in [3.63, 3.8) is 0 Å². The first kappa shape index (κ1) is 23.9. The number of hydrogen-bond acceptors (Lipinski definition) is 4. The molecule has 188 valence electrons. The molecule has 3 aromatic carbocycles. The van der Waals surface area contributed by atoms with Gasteiger partial charge in [-0.25, -0.2) is 0 Å². The molecule has 0 radical (unpaired) electrons. The third-order valence-electron chi connectivity index (χ3n) is 7.05. The number of para-hydroxylation sites is 2. The highest BCUT2D eigenvalue weighted by atomic mass is 16.5. The number of ether oxygens (including phenoxy) is 1. The second-order valence-corrected chi connectivity index (χ2v) is 10.9. The van der Waals surface area contributed by atoms with Crippen LogP contribution in [0.1, 0.15) is 37.5 Å². The second kappa shape index (κ2) is 9.46. The predicted octanol–water partition coefficient (Wildman–Crippen LogP) is 8.78. The van der Waals surface area contributed by atoms with Crippen molar-refractivity contribution < 1.29 is 4.74 Å². The van der Waals surface area contributed by atoms with Gasteiger partial charge in [-0.3, -0.25) is 9.97 Å². The number of hydrogen-bond donors (Lipinski definition) is 0. The monoisotopic (exact) mass is 497 g/mol. The van der Waals surface area contributed by atoms with Crippen molar-refractivity contribution in [1.29, 1.82) is 0 Å². The summed E-state index contributed by atoms with van der Waals surface area (Å²) in [5, 5.41) is 0. The van der Waals surface area contributed by atoms with Gasteiger partial charge in [-0.2, -0.15) is 0 Å². The van der Waals surface area contributed by atoms with Crippen molar-refractivity contribution >= 4 is 17.1 Å². The summed E-state index contributed by atoms with van der Waals surface area (Å²) in [4.78, 5) is 11.7. The average Bonchev–Trinajstić information content (AvgIpc) is 3.09. The molecule has 0 fully saturated rings. The Balaban J connectivity index is 1.52. The van der Waals surface area contributed by atoms with Gasteiger partial charge >= 0.3 is 0 Å². The number of benzene rings is 3. The Labute approximate surface area is 224 Å². The maximum Gasteiger partial charge on any atom is 0.143 e. The summed E-state index contributed by atoms with van der Waals surface area (Å²) < 4.78 is 6.29. The van der Waals surface area contributed by atoms with Crippen LogP contribution in [0.2, 0.25) is 0 Å². The van der Waals surface area contributed by atoms with E-state index in [0.717, 1.165) is 50.9 Å². The molecule has 0 aliphatic carbocycles. The van der Waals surface area contributed by atoms with E-state index >= 15 is 0 Å². The number of aryl methyl sites for hydroxylation is 1. The lowest BCUT2D eigenvalue weighted by molar-refractivity contribution is 0.310. The SMILES string of the molecule is Cc1ccnc(-c2ccc3c(c2)N(c2cccc(-c4cc(C(C)(C)C)ccn4)c2)c2ccccc2OC3)c1. The maximum atomic E-state index is 6.29. The minimum atomic E-state index is 0.0511. The number of pyridine rings is 2. The fourth-order valence-corrected chi connectivity index (χ4v) is 4.93. The van der Waals surface area contributed by atoms with Crippen LogP contribution in [0.5, 0.6) is 5.75 Å². The van der Waals surface area contributed by atoms with E-state index < -0.39 is 0 Å². The lowest BCUT2D eigenvalue weighted by Crippen LogP contribution is -2.12. The van der Waals surface area contributed by atoms with Gasteiger partial charge in [-0.05, 0) is 78.1 Å². The molecule has 4 heteroatoms. The molecule has 0 atom stereocenters. The standard InChI is InChI=1S/C34H31N3O/c1-23-14-16-35-29(18-23)25-12-13-26-22-38-33-11-6-5-10-31(33)37(32(26)20-25)28-9-7-8-24(19-28)30-21-27(15-17-36-30)34(2,3)4/h5-21H,22H2,1-4H3. The Morgan fingerprint density at radius 1 is 0.711 bits per heavy atom. The number of nitrogens with zero attached hydrogens (tertiary/aromatic N) is 3. The van der Waals surface area contributed by atoms with Gasteiger partial charge in [0.1, 0.15) is 12.4 Å². The van der Waals surface area contributed by atoms with Crippen molar-refractivity contribution in [1.82, 2.24) is 9.97 Å². The van der Waals surface area contributed by atoms with Gasteiger partial charge in [0.25, 0.3) is 0 Å². The summed E-state index contributed by atoms with van der Waals surface area (Å²) in [6.45, 7) is 9.29. The Kier molecular flexibility index (Phi) is 5.96. The van der Waals surface area contributed by atoms with Gasteiger partial charge in [0, 0.05) is 34.8 Å². The van der Waals surface area contributed by atoms with Gasteiger partial charge in [-0.15, -0.1) is 0 Å². The van der Waals surface area contributed by atoms with Crippen LogP contribution in [0.25, 0.3) is 22.5 Å². The number of anilines is 3. The molecule has 1 aliphatic rings. The summed E-state index contributed by atoms with van der Waals surface area (Å²) >= 11 is 0. The molecule has 0 bridgehead atoms. The highest BCUT2D eigenvalue weighted by molar-refractivity contribution is 5.86. The van der Waals surface area contributed by atoms with Crippen LogP contribution < -0.4 is 9.64 Å². The molecule has 0 amide bonds. The Bertz CT molecular complexity index is 1630. The molecular formula is C34H31N3O. The number of aromatic nitrogens is 2. The van der Waals surface area contributed by atoms with Gasteiger partial charge in [-0.1, -0.05) is 57.2 Å². The zero-order valence-corrected chi connectivity index (χ0v) is 22.3. The predicted molar refractivity (Wildman–Crippen MR) is 155 cm³/mol. The van der Waals surface area contributed by atoms with Gasteiger partial charge in [0.2, 0.25) is 0 Å². The van der Waals surface area contributed by atoms with E-state index in [1.54, 1.807) is 0 Å². The maximum absolute atomic E-state index is 6.29. The summed E-state index contributed by atoms with van der Waals surface area (Å²) in [5.41, 5.74) is 10.9. The van der Waals surface area contributed by atoms with Crippen molar-refractivity contribution in [2.24, 2.45) is 0 Å². The Morgan fingerprint density at radius 3 is 2.29 bits per heavy atom. The molecule has 6 rings (SSSR count). The Morgan fingerprint density at radius 2 is 1.47 bits per heavy atom. The summed E-state index contributed by atoms with van der Waals surface area (Å²) in [5.74, 6) is 0.859. The smallest absolute Gasteiger partial charge is 0.143 e. The molecule has 1 aliphatic heterocycles. The van der Waals surface area contributed by atoms with Crippen LogP contribution >= 0.6 is 0 Å². The fraction of sp³-hybridized carbons (Fsp3) is 0.176. The lowest BCUT2D eigenvalue weighted by Gasteiger charge is -2.27. The van der Waals surface area contributed by atoms with Crippen LogP contribution in [0.3, 0.4) is 0 Å². The van der Waals surface area contributed by atoms with Crippen LogP contribution in [0.15, 0.2) is 103 Å². The molecule has 2 aromatic heterocycles. The quantitative estimate of drug-likeness (QED) is 0.250. The summed E-state index contributed by atoms with van der Waals surface area (Å²) in [7, 11) is 0. The first-order valence-electron chi connectivity index (χ1n) is 13.0. The molecule has 38 heavy (non-hydrogen) atoms. The molecule has 0 saturated heterocycles. The minimum Gasteiger partial charge on any atom is -0.487 e. The first-order valence-corrected chi connectivity index (χ1v) is 13.0. The van der Waals surface area contributed by atoms with E-state index in [9.17, 15) is 0 Å². The number of rotatable bonds is 3. The van der Waals surface area contributed by atoms with Crippen molar-refractivity contribution in [2.75, 3.05) is 4.90 Å². The largest absolute Gasteiger partial charge is 0.487 e. The van der Waals surface area contributed by atoms with Crippen molar-refractivity contribution in [2.45, 2.75) is 39.7 Å². The molecule has 0 N–H and O–H groups in total. The summed E-state index contributed by atoms with van der Waals surface area (Å²) in [6, 6.07) is 31.8. The van der Waals surface area contributed by atoms with Gasteiger partial charge < -0.3 is 9.64 Å². The number of fused-ring (bicyclic) bond motifs is 2. The molecule has 3 heterocycles. The Hall–Kier alpha value is -4.44. The molecule has 0 saturated carbocycles. The normalized spacial score (nSPS) is 12.8. The first-order chi connectivity index (χ1) is 18.4. The van der Waals surface area contributed by atoms with E-state index in [4.69, 9.17) is 9.72 Å². The van der Waals surface area contributed by atoms with E-state index in [1.807, 2.05) is 30.6 Å². The van der Waals surface area contributed by atoms with Crippen LogP contribution in [0, 0.1) is 6.92 Å². The van der Waals surface area contributed by atoms with Crippen LogP contribution in [0.4, 0.5) is 17.1 Å². The van der Waals surface area contributed by atoms with Crippen molar-refractivity contribution in [3.8, 4) is 28.3 Å². The molecule has 4 nitrogen and oxygen atoms in total. The third-order valence-corrected chi connectivity index (χ3v) is 7.05. The highest BCUT2D eigenvalue weighted by Gasteiger charge is 2.24. The molecular weight excluding hydrogens is 466 g/mol. The second-order valence-electron chi connectivity index (χ2n) is 10.9. The average molecular weight is 498 g/mol. The fourth-order valence-electron chi connectivity index (χ4n) is 4.93. The van der Waals surface area contributed by atoms with Gasteiger partial charge in [0.05, 0.1) is 22.8 Å². The van der Waals surface area contributed by atoms with E-state index in [-0.39, 0.29) is 5.41 Å². The topological polar surface area (TPSA) is 38.2 Å². The zero-order chi connectivity index (χ0) is 26.3. The van der Waals surface area contributed by atoms with Crippen LogP contribution in [-0.4, -0.2) is 9.97 Å². The molecule has 5 aromatic rings. The molecule has 0 unspecified atom stereocenters. The summed E-state index contributed by atoms with van der Waals surface area (Å²) in [6.07, 6.45) is 3.78. The van der Waals surface area contributed by atoms with E-state index in [1.165, 1.54) is 11.1 Å². The lowest BCUT2D eigenvalue weighted by atomic mass is 9.87. The third kappa shape index (κ3) is 4.54. The van der Waals surface area contributed by atoms with E-state index in [2.05, 4.69) is 110 Å². The van der Waals surface area contributed by atoms with E-state index in [0.29, 0.717) is 6.61 Å². The minimum absolute atomic E-state index is 0.0511. The van der Waals surface area contributed by atoms with Crippen molar-refractivity contribution in [3.05, 3.63) is 120 Å². The molecule has 0 spiro atoms. The van der Waals surface area contributed by atoms with Gasteiger partial charge in [0.15, 0.2) is 0 Å².